The summed E-state index contributed by atoms with van der Waals surface area (Å²) in [5.74, 6) is -0.388. The maximum absolute atomic E-state index is 12.6. The minimum Gasteiger partial charge on any atom is -0.465 e. The molecule has 0 fully saturated rings. The molecular weight excluding hydrogens is 396 g/mol. The lowest BCUT2D eigenvalue weighted by molar-refractivity contribution is -0.924. The Kier molecular flexibility index (Phi) is 5.74. The summed E-state index contributed by atoms with van der Waals surface area (Å²) in [7, 11) is 1.39. The van der Waals surface area contributed by atoms with Gasteiger partial charge < -0.3 is 15.0 Å². The molecule has 0 spiro atoms. The first kappa shape index (κ1) is 18.6. The van der Waals surface area contributed by atoms with E-state index in [0.717, 1.165) is 26.2 Å². The molecule has 2 N–H and O–H groups in total. The number of hydrogen-bond acceptors (Lipinski definition) is 3. The summed E-state index contributed by atoms with van der Waals surface area (Å²) in [5.41, 5.74) is 4.09. The van der Waals surface area contributed by atoms with Crippen LogP contribution in [0.2, 0.25) is 0 Å². The Morgan fingerprint density at radius 3 is 2.65 bits per heavy atom. The summed E-state index contributed by atoms with van der Waals surface area (Å²) < 4.78 is 5.94. The van der Waals surface area contributed by atoms with Crippen molar-refractivity contribution in [1.82, 2.24) is 0 Å². The van der Waals surface area contributed by atoms with Crippen LogP contribution in [-0.2, 0) is 27.3 Å². The number of benzene rings is 2. The van der Waals surface area contributed by atoms with E-state index < -0.39 is 0 Å². The molecule has 26 heavy (non-hydrogen) atoms. The van der Waals surface area contributed by atoms with Crippen LogP contribution in [0.4, 0.5) is 5.69 Å². The van der Waals surface area contributed by atoms with Crippen LogP contribution in [0.15, 0.2) is 46.9 Å². The highest BCUT2D eigenvalue weighted by Crippen LogP contribution is 2.20. The average molecular weight is 418 g/mol. The Balaban J connectivity index is 1.75. The second-order valence-electron chi connectivity index (χ2n) is 6.57. The summed E-state index contributed by atoms with van der Waals surface area (Å²) >= 11 is 3.42. The fraction of sp³-hybridized carbons (Fsp3) is 0.300. The molecule has 2 atom stereocenters. The van der Waals surface area contributed by atoms with Crippen molar-refractivity contribution >= 4 is 33.5 Å². The highest BCUT2D eigenvalue weighted by atomic mass is 79.9. The van der Waals surface area contributed by atoms with Crippen LogP contribution in [0, 0.1) is 6.92 Å². The number of fused-ring (bicyclic) bond motifs is 1. The number of rotatable bonds is 4. The number of anilines is 1. The van der Waals surface area contributed by atoms with Crippen LogP contribution < -0.4 is 10.2 Å². The molecule has 0 saturated carbocycles. The van der Waals surface area contributed by atoms with E-state index in [0.29, 0.717) is 13.0 Å². The number of ether oxygens (including phenoxy) is 1. The molecule has 1 aliphatic rings. The van der Waals surface area contributed by atoms with Crippen molar-refractivity contribution < 1.29 is 19.2 Å². The van der Waals surface area contributed by atoms with Gasteiger partial charge in [0.25, 0.3) is 5.91 Å². The molecule has 0 saturated heterocycles. The largest absolute Gasteiger partial charge is 0.465 e. The first-order valence-electron chi connectivity index (χ1n) is 8.53. The summed E-state index contributed by atoms with van der Waals surface area (Å²) in [4.78, 5) is 25.7. The van der Waals surface area contributed by atoms with Gasteiger partial charge in [-0.1, -0.05) is 40.2 Å². The quantitative estimate of drug-likeness (QED) is 0.746. The van der Waals surface area contributed by atoms with Gasteiger partial charge in [0.15, 0.2) is 12.6 Å². The van der Waals surface area contributed by atoms with Gasteiger partial charge in [0, 0.05) is 22.1 Å². The first-order chi connectivity index (χ1) is 12.5. The lowest BCUT2D eigenvalue weighted by Crippen LogP contribution is -3.17. The van der Waals surface area contributed by atoms with E-state index in [9.17, 15) is 9.59 Å². The van der Waals surface area contributed by atoms with Crippen molar-refractivity contribution in [3.8, 4) is 0 Å². The van der Waals surface area contributed by atoms with E-state index in [1.165, 1.54) is 12.7 Å². The van der Waals surface area contributed by atoms with Gasteiger partial charge >= 0.3 is 5.97 Å². The number of nitrogens with one attached hydrogen (secondary N) is 2. The van der Waals surface area contributed by atoms with Gasteiger partial charge in [-0.2, -0.15) is 0 Å². The van der Waals surface area contributed by atoms with E-state index in [2.05, 4.69) is 27.3 Å². The second kappa shape index (κ2) is 8.01. The predicted molar refractivity (Wildman–Crippen MR) is 103 cm³/mol. The van der Waals surface area contributed by atoms with Gasteiger partial charge in [-0.3, -0.25) is 4.79 Å². The van der Waals surface area contributed by atoms with Gasteiger partial charge in [-0.25, -0.2) is 4.79 Å². The average Bonchev–Trinajstić information content (AvgIpc) is 2.63. The van der Waals surface area contributed by atoms with Crippen LogP contribution in [0.3, 0.4) is 0 Å². The number of amides is 1. The lowest BCUT2D eigenvalue weighted by Gasteiger charge is -2.31. The number of aryl methyl sites for hydroxylation is 1. The number of esters is 1. The Morgan fingerprint density at radius 1 is 1.23 bits per heavy atom. The molecule has 0 aliphatic carbocycles. The van der Waals surface area contributed by atoms with Crippen LogP contribution in [0.25, 0.3) is 0 Å². The van der Waals surface area contributed by atoms with Gasteiger partial charge in [0.1, 0.15) is 6.54 Å². The molecule has 0 aromatic heterocycles. The molecule has 1 heterocycles. The van der Waals surface area contributed by atoms with Crippen molar-refractivity contribution in [3.63, 3.8) is 0 Å². The lowest BCUT2D eigenvalue weighted by atomic mass is 9.94. The topological polar surface area (TPSA) is 59.8 Å². The fourth-order valence-corrected chi connectivity index (χ4v) is 3.88. The maximum atomic E-state index is 12.6. The normalized spacial score (nSPS) is 18.7. The van der Waals surface area contributed by atoms with Gasteiger partial charge in [0.2, 0.25) is 0 Å². The molecule has 1 amide bonds. The highest BCUT2D eigenvalue weighted by Gasteiger charge is 2.37. The highest BCUT2D eigenvalue weighted by molar-refractivity contribution is 9.10. The third kappa shape index (κ3) is 4.14. The second-order valence-corrected chi connectivity index (χ2v) is 7.48. The molecule has 2 aromatic rings. The number of carbonyl (C=O) groups is 2. The van der Waals surface area contributed by atoms with E-state index in [-0.39, 0.29) is 24.5 Å². The molecule has 0 bridgehead atoms. The van der Waals surface area contributed by atoms with Crippen molar-refractivity contribution in [3.05, 3.63) is 63.6 Å². The molecule has 2 aromatic carbocycles. The van der Waals surface area contributed by atoms with E-state index >= 15 is 0 Å². The molecule has 1 unspecified atom stereocenters. The number of halogens is 1. The third-order valence-corrected chi connectivity index (χ3v) is 5.28. The van der Waals surface area contributed by atoms with Crippen molar-refractivity contribution in [2.24, 2.45) is 0 Å². The zero-order valence-corrected chi connectivity index (χ0v) is 16.4. The SMILES string of the molecule is COC(=O)[C@H]1Cc2ccccc2C[NH+]1CC(=O)Nc1ccc(Br)cc1C. The van der Waals surface area contributed by atoms with Crippen LogP contribution in [-0.4, -0.2) is 31.6 Å². The molecule has 0 radical (unpaired) electrons. The fourth-order valence-electron chi connectivity index (χ4n) is 3.41. The Morgan fingerprint density at radius 2 is 1.96 bits per heavy atom. The number of methoxy groups -OCH3 is 1. The minimum absolute atomic E-state index is 0.112. The summed E-state index contributed by atoms with van der Waals surface area (Å²) in [6.45, 7) is 2.79. The summed E-state index contributed by atoms with van der Waals surface area (Å²) in [6.07, 6.45) is 0.586. The van der Waals surface area contributed by atoms with Crippen molar-refractivity contribution in [2.45, 2.75) is 25.9 Å². The standard InChI is InChI=1S/C20H21BrN2O3/c1-13-9-16(21)7-8-17(13)22-19(24)12-23-11-15-6-4-3-5-14(15)10-18(23)20(25)26-2/h3-9,18H,10-12H2,1-2H3,(H,22,24)/p+1/t18-/m1/s1. The van der Waals surface area contributed by atoms with E-state index in [1.54, 1.807) is 0 Å². The monoisotopic (exact) mass is 417 g/mol. The number of quaternary nitrogens is 1. The molecule has 1 aliphatic heterocycles. The Labute approximate surface area is 161 Å². The zero-order chi connectivity index (χ0) is 18.7. The molecule has 3 rings (SSSR count). The molecular formula is C20H22BrN2O3+. The summed E-state index contributed by atoms with van der Waals surface area (Å²) in [6, 6.07) is 13.4. The number of hydrogen-bond donors (Lipinski definition) is 2. The smallest absolute Gasteiger partial charge is 0.365 e. The van der Waals surface area contributed by atoms with Gasteiger partial charge in [-0.15, -0.1) is 0 Å². The van der Waals surface area contributed by atoms with Gasteiger partial charge in [0.05, 0.1) is 7.11 Å². The Hall–Kier alpha value is -2.18. The molecule has 5 nitrogen and oxygen atoms in total. The van der Waals surface area contributed by atoms with Crippen LogP contribution >= 0.6 is 15.9 Å². The van der Waals surface area contributed by atoms with E-state index in [1.807, 2.05) is 43.3 Å². The van der Waals surface area contributed by atoms with Crippen LogP contribution in [0.1, 0.15) is 16.7 Å². The van der Waals surface area contributed by atoms with Crippen molar-refractivity contribution in [2.75, 3.05) is 19.0 Å². The van der Waals surface area contributed by atoms with Gasteiger partial charge in [-0.05, 0) is 36.2 Å². The third-order valence-electron chi connectivity index (χ3n) is 4.79. The van der Waals surface area contributed by atoms with E-state index in [4.69, 9.17) is 4.74 Å². The maximum Gasteiger partial charge on any atom is 0.365 e. The zero-order valence-electron chi connectivity index (χ0n) is 14.8. The molecule has 136 valence electrons. The van der Waals surface area contributed by atoms with Crippen molar-refractivity contribution in [1.29, 1.82) is 0 Å². The first-order valence-corrected chi connectivity index (χ1v) is 9.32. The summed E-state index contributed by atoms with van der Waals surface area (Å²) in [5, 5.41) is 2.95. The number of carbonyl (C=O) groups excluding carboxylic acids is 2. The minimum atomic E-state index is -0.369. The predicted octanol–water partition coefficient (Wildman–Crippen LogP) is 1.88. The van der Waals surface area contributed by atoms with Crippen LogP contribution in [0.5, 0.6) is 0 Å². The Bertz CT molecular complexity index is 838. The molecule has 6 heteroatoms.